The minimum atomic E-state index is -0.576. The van der Waals surface area contributed by atoms with Crippen LogP contribution in [0.15, 0.2) is 37.9 Å². The molecule has 0 radical (unpaired) electrons. The van der Waals surface area contributed by atoms with Gasteiger partial charge in [-0.25, -0.2) is 4.79 Å². The molecule has 25 heavy (non-hydrogen) atoms. The average molecular weight is 342 g/mol. The molecule has 1 N–H and O–H groups in total. The van der Waals surface area contributed by atoms with Crippen LogP contribution < -0.4 is 10.4 Å². The van der Waals surface area contributed by atoms with E-state index >= 15 is 0 Å². The molecule has 0 unspecified atom stereocenters. The van der Waals surface area contributed by atoms with Crippen molar-refractivity contribution in [2.24, 2.45) is 5.41 Å². The molecule has 0 saturated carbocycles. The first kappa shape index (κ1) is 17.1. The third-order valence-electron chi connectivity index (χ3n) is 3.94. The van der Waals surface area contributed by atoms with E-state index in [1.165, 1.54) is 6.92 Å². The van der Waals surface area contributed by atoms with E-state index in [1.54, 1.807) is 13.0 Å². The van der Waals surface area contributed by atoms with E-state index in [9.17, 15) is 9.90 Å². The predicted octanol–water partition coefficient (Wildman–Crippen LogP) is 4.80. The molecule has 0 bridgehead atoms. The van der Waals surface area contributed by atoms with Gasteiger partial charge in [-0.15, -0.1) is 0 Å². The van der Waals surface area contributed by atoms with E-state index < -0.39 is 5.63 Å². The molecule has 3 rings (SSSR count). The van der Waals surface area contributed by atoms with Crippen LogP contribution in [0.3, 0.4) is 0 Å². The molecular weight excluding hydrogens is 320 g/mol. The summed E-state index contributed by atoms with van der Waals surface area (Å²) in [7, 11) is 0. The van der Waals surface area contributed by atoms with Crippen LogP contribution in [-0.2, 0) is 0 Å². The van der Waals surface area contributed by atoms with Crippen molar-refractivity contribution in [3.05, 3.63) is 45.8 Å². The highest BCUT2D eigenvalue weighted by Crippen LogP contribution is 2.34. The molecule has 132 valence electrons. The summed E-state index contributed by atoms with van der Waals surface area (Å²) in [6, 6.07) is 7.36. The Hall–Kier alpha value is -2.69. The number of benzene rings is 1. The van der Waals surface area contributed by atoms with Gasteiger partial charge in [0.05, 0.1) is 12.2 Å². The lowest BCUT2D eigenvalue weighted by atomic mass is 9.99. The lowest BCUT2D eigenvalue weighted by molar-refractivity contribution is 0.198. The van der Waals surface area contributed by atoms with Crippen molar-refractivity contribution >= 4 is 11.0 Å². The second-order valence-electron chi connectivity index (χ2n) is 7.48. The highest BCUT2D eigenvalue weighted by molar-refractivity contribution is 5.83. The van der Waals surface area contributed by atoms with E-state index in [-0.39, 0.29) is 22.5 Å². The Morgan fingerprint density at radius 3 is 2.48 bits per heavy atom. The Kier molecular flexibility index (Phi) is 4.11. The molecule has 0 amide bonds. The first-order valence-corrected chi connectivity index (χ1v) is 8.16. The summed E-state index contributed by atoms with van der Waals surface area (Å²) in [4.78, 5) is 11.8. The zero-order chi connectivity index (χ0) is 18.4. The molecule has 2 heterocycles. The van der Waals surface area contributed by atoms with Gasteiger partial charge in [0.2, 0.25) is 0 Å². The summed E-state index contributed by atoms with van der Waals surface area (Å²) < 4.78 is 16.9. The number of fused-ring (bicyclic) bond motifs is 1. The third kappa shape index (κ3) is 3.40. The molecule has 0 aliphatic carbocycles. The Morgan fingerprint density at radius 2 is 1.80 bits per heavy atom. The maximum absolute atomic E-state index is 11.8. The zero-order valence-electron chi connectivity index (χ0n) is 15.1. The largest absolute Gasteiger partial charge is 0.507 e. The number of aromatic hydroxyl groups is 1. The SMILES string of the molecule is Cc1c(-c2cc3ccc(OCC(C)(C)C)cc3o2)oc(=O)c(C)c1O. The second-order valence-corrected chi connectivity index (χ2v) is 7.48. The smallest absolute Gasteiger partial charge is 0.343 e. The summed E-state index contributed by atoms with van der Waals surface area (Å²) in [5.41, 5.74) is 0.773. The monoisotopic (exact) mass is 342 g/mol. The van der Waals surface area contributed by atoms with Crippen LogP contribution in [0.1, 0.15) is 31.9 Å². The van der Waals surface area contributed by atoms with E-state index in [0.717, 1.165) is 5.39 Å². The fraction of sp³-hybridized carbons (Fsp3) is 0.350. The highest BCUT2D eigenvalue weighted by Gasteiger charge is 2.18. The molecule has 0 fully saturated rings. The quantitative estimate of drug-likeness (QED) is 0.740. The number of rotatable bonds is 3. The first-order chi connectivity index (χ1) is 11.7. The highest BCUT2D eigenvalue weighted by atomic mass is 16.5. The fourth-order valence-electron chi connectivity index (χ4n) is 2.48. The molecule has 0 spiro atoms. The van der Waals surface area contributed by atoms with E-state index in [2.05, 4.69) is 20.8 Å². The van der Waals surface area contributed by atoms with Gasteiger partial charge in [0.1, 0.15) is 17.1 Å². The van der Waals surface area contributed by atoms with Crippen LogP contribution in [0.25, 0.3) is 22.5 Å². The van der Waals surface area contributed by atoms with Crippen molar-refractivity contribution in [1.29, 1.82) is 0 Å². The summed E-state index contributed by atoms with van der Waals surface area (Å²) in [6.45, 7) is 10.1. The molecule has 1 aromatic carbocycles. The average Bonchev–Trinajstić information content (AvgIpc) is 2.96. The normalized spacial score (nSPS) is 11.9. The minimum Gasteiger partial charge on any atom is -0.507 e. The molecular formula is C20H22O5. The molecule has 5 heteroatoms. The predicted molar refractivity (Wildman–Crippen MR) is 96.3 cm³/mol. The molecule has 0 saturated heterocycles. The summed E-state index contributed by atoms with van der Waals surface area (Å²) in [5, 5.41) is 10.9. The summed E-state index contributed by atoms with van der Waals surface area (Å²) in [5.74, 6) is 1.28. The van der Waals surface area contributed by atoms with Crippen LogP contribution >= 0.6 is 0 Å². The van der Waals surface area contributed by atoms with Gasteiger partial charge in [-0.1, -0.05) is 20.8 Å². The fourth-order valence-corrected chi connectivity index (χ4v) is 2.48. The van der Waals surface area contributed by atoms with Crippen molar-refractivity contribution in [2.45, 2.75) is 34.6 Å². The Morgan fingerprint density at radius 1 is 1.08 bits per heavy atom. The minimum absolute atomic E-state index is 0.0588. The van der Waals surface area contributed by atoms with Crippen molar-refractivity contribution in [2.75, 3.05) is 6.61 Å². The number of furan rings is 1. The standard InChI is InChI=1S/C20H22O5/c1-11-17(21)12(2)19(22)25-18(11)16-8-13-6-7-14(9-15(13)24-16)23-10-20(3,4)5/h6-9,21H,10H2,1-5H3. The van der Waals surface area contributed by atoms with Gasteiger partial charge >= 0.3 is 5.63 Å². The lowest BCUT2D eigenvalue weighted by Crippen LogP contribution is -2.16. The van der Waals surface area contributed by atoms with Crippen molar-refractivity contribution in [1.82, 2.24) is 0 Å². The maximum atomic E-state index is 11.8. The molecule has 5 nitrogen and oxygen atoms in total. The number of ether oxygens (including phenoxy) is 1. The summed E-state index contributed by atoms with van der Waals surface area (Å²) >= 11 is 0. The van der Waals surface area contributed by atoms with Gasteiger partial charge in [-0.2, -0.15) is 0 Å². The van der Waals surface area contributed by atoms with Crippen LogP contribution in [0.2, 0.25) is 0 Å². The van der Waals surface area contributed by atoms with Gasteiger partial charge in [-0.05, 0) is 37.5 Å². The van der Waals surface area contributed by atoms with Crippen LogP contribution in [-0.4, -0.2) is 11.7 Å². The van der Waals surface area contributed by atoms with Crippen LogP contribution in [0.5, 0.6) is 11.5 Å². The van der Waals surface area contributed by atoms with E-state index in [0.29, 0.717) is 29.3 Å². The topological polar surface area (TPSA) is 72.8 Å². The molecule has 0 aliphatic heterocycles. The molecule has 2 aromatic heterocycles. The summed E-state index contributed by atoms with van der Waals surface area (Å²) in [6.07, 6.45) is 0. The van der Waals surface area contributed by atoms with Crippen LogP contribution in [0, 0.1) is 19.3 Å². The Bertz CT molecular complexity index is 986. The van der Waals surface area contributed by atoms with Gasteiger partial charge in [0, 0.05) is 17.0 Å². The molecule has 3 aromatic rings. The zero-order valence-corrected chi connectivity index (χ0v) is 15.1. The molecule has 0 aliphatic rings. The lowest BCUT2D eigenvalue weighted by Gasteiger charge is -2.18. The van der Waals surface area contributed by atoms with Crippen molar-refractivity contribution in [3.63, 3.8) is 0 Å². The van der Waals surface area contributed by atoms with Gasteiger partial charge in [-0.3, -0.25) is 0 Å². The molecule has 0 atom stereocenters. The Labute approximate surface area is 145 Å². The van der Waals surface area contributed by atoms with Gasteiger partial charge in [0.15, 0.2) is 11.5 Å². The number of hydrogen-bond donors (Lipinski definition) is 1. The second kappa shape index (κ2) is 5.99. The Balaban J connectivity index is 2.01. The van der Waals surface area contributed by atoms with Gasteiger partial charge in [0.25, 0.3) is 0 Å². The van der Waals surface area contributed by atoms with E-state index in [4.69, 9.17) is 13.6 Å². The first-order valence-electron chi connectivity index (χ1n) is 8.16. The van der Waals surface area contributed by atoms with Crippen LogP contribution in [0.4, 0.5) is 0 Å². The van der Waals surface area contributed by atoms with E-state index in [1.807, 2.05) is 18.2 Å². The number of hydrogen-bond acceptors (Lipinski definition) is 5. The van der Waals surface area contributed by atoms with Gasteiger partial charge < -0.3 is 18.7 Å². The van der Waals surface area contributed by atoms with Crippen molar-refractivity contribution < 1.29 is 18.7 Å². The third-order valence-corrected chi connectivity index (χ3v) is 3.94. The van der Waals surface area contributed by atoms with Crippen molar-refractivity contribution in [3.8, 4) is 23.0 Å². The maximum Gasteiger partial charge on any atom is 0.343 e.